The van der Waals surface area contributed by atoms with Gasteiger partial charge in [0.15, 0.2) is 0 Å². The molecule has 9 heteroatoms. The molecule has 0 unspecified atom stereocenters. The molecule has 2 amide bonds. The van der Waals surface area contributed by atoms with E-state index in [-0.39, 0.29) is 17.7 Å². The number of hydrogen-bond donors (Lipinski definition) is 1. The van der Waals surface area contributed by atoms with Gasteiger partial charge < -0.3 is 15.0 Å². The van der Waals surface area contributed by atoms with Crippen LogP contribution in [-0.2, 0) is 11.2 Å². The smallest absolute Gasteiger partial charge is 0.286 e. The average molecular weight is 471 g/mol. The summed E-state index contributed by atoms with van der Waals surface area (Å²) in [5, 5.41) is 12.7. The Labute approximate surface area is 195 Å². The summed E-state index contributed by atoms with van der Waals surface area (Å²) in [5.74, 6) is 0.566. The van der Waals surface area contributed by atoms with Crippen LogP contribution in [0.2, 0.25) is 5.02 Å². The van der Waals surface area contributed by atoms with E-state index in [0.29, 0.717) is 28.7 Å². The van der Waals surface area contributed by atoms with E-state index in [9.17, 15) is 9.59 Å². The van der Waals surface area contributed by atoms with Gasteiger partial charge in [-0.05, 0) is 48.7 Å². The third kappa shape index (κ3) is 5.44. The Kier molecular flexibility index (Phi) is 7.02. The molecule has 3 aromatic rings. The van der Waals surface area contributed by atoms with E-state index in [4.69, 9.17) is 16.3 Å². The van der Waals surface area contributed by atoms with Crippen LogP contribution >= 0.6 is 22.9 Å². The van der Waals surface area contributed by atoms with Gasteiger partial charge in [0.05, 0.1) is 13.5 Å². The number of hydrogen-bond acceptors (Lipinski definition) is 6. The molecule has 1 atom stereocenters. The predicted molar refractivity (Wildman–Crippen MR) is 125 cm³/mol. The monoisotopic (exact) mass is 470 g/mol. The van der Waals surface area contributed by atoms with Crippen molar-refractivity contribution in [1.82, 2.24) is 15.1 Å². The van der Waals surface area contributed by atoms with Crippen LogP contribution in [0.3, 0.4) is 0 Å². The van der Waals surface area contributed by atoms with Gasteiger partial charge in [-0.1, -0.05) is 41.1 Å². The molecule has 2 heterocycles. The number of anilines is 1. The van der Waals surface area contributed by atoms with Crippen molar-refractivity contribution in [2.75, 3.05) is 25.5 Å². The van der Waals surface area contributed by atoms with E-state index in [1.165, 1.54) is 11.3 Å². The molecule has 32 heavy (non-hydrogen) atoms. The maximum absolute atomic E-state index is 12.9. The molecule has 0 saturated carbocycles. The third-order valence-corrected chi connectivity index (χ3v) is 6.65. The van der Waals surface area contributed by atoms with Crippen molar-refractivity contribution in [2.24, 2.45) is 0 Å². The van der Waals surface area contributed by atoms with Crippen LogP contribution in [0, 0.1) is 0 Å². The highest BCUT2D eigenvalue weighted by atomic mass is 35.5. The molecule has 1 aliphatic heterocycles. The summed E-state index contributed by atoms with van der Waals surface area (Å²) in [6, 6.07) is 14.5. The number of carbonyl (C=O) groups is 2. The first-order valence-electron chi connectivity index (χ1n) is 10.3. The number of rotatable bonds is 6. The van der Waals surface area contributed by atoms with Crippen LogP contribution in [0.25, 0.3) is 0 Å². The second kappa shape index (κ2) is 10.1. The fourth-order valence-electron chi connectivity index (χ4n) is 3.72. The van der Waals surface area contributed by atoms with Gasteiger partial charge in [0.2, 0.25) is 10.9 Å². The minimum absolute atomic E-state index is 0.0724. The van der Waals surface area contributed by atoms with Gasteiger partial charge >= 0.3 is 0 Å². The zero-order valence-corrected chi connectivity index (χ0v) is 19.2. The standard InChI is InChI=1S/C23H23ClN4O3S/c1-31-19-9-2-5-15(11-19)12-20(29)28-10-4-6-16(14-28)22-26-27-23(32-22)21(30)25-18-8-3-7-17(24)13-18/h2-3,5,7-9,11,13,16H,4,6,10,12,14H2,1H3,(H,25,30)/t16-/m1/s1. The summed E-state index contributed by atoms with van der Waals surface area (Å²) in [4.78, 5) is 27.3. The number of amides is 2. The van der Waals surface area contributed by atoms with Gasteiger partial charge in [0.25, 0.3) is 5.91 Å². The largest absolute Gasteiger partial charge is 0.497 e. The van der Waals surface area contributed by atoms with E-state index in [1.807, 2.05) is 29.2 Å². The third-order valence-electron chi connectivity index (χ3n) is 5.33. The van der Waals surface area contributed by atoms with Crippen LogP contribution in [0.4, 0.5) is 5.69 Å². The molecule has 1 aromatic heterocycles. The zero-order valence-electron chi connectivity index (χ0n) is 17.6. The number of halogens is 1. The number of nitrogens with zero attached hydrogens (tertiary/aromatic N) is 3. The van der Waals surface area contributed by atoms with Crippen LogP contribution in [0.1, 0.15) is 39.1 Å². The van der Waals surface area contributed by atoms with E-state index < -0.39 is 0 Å². The van der Waals surface area contributed by atoms with Crippen molar-refractivity contribution in [1.29, 1.82) is 0 Å². The van der Waals surface area contributed by atoms with Crippen molar-refractivity contribution in [3.63, 3.8) is 0 Å². The summed E-state index contributed by atoms with van der Waals surface area (Å²) in [7, 11) is 1.61. The van der Waals surface area contributed by atoms with Gasteiger partial charge in [-0.3, -0.25) is 9.59 Å². The van der Waals surface area contributed by atoms with Crippen molar-refractivity contribution in [3.8, 4) is 5.75 Å². The minimum Gasteiger partial charge on any atom is -0.497 e. The number of piperidine rings is 1. The van der Waals surface area contributed by atoms with E-state index in [0.717, 1.165) is 35.7 Å². The van der Waals surface area contributed by atoms with Crippen molar-refractivity contribution < 1.29 is 14.3 Å². The molecule has 1 saturated heterocycles. The number of likely N-dealkylation sites (tertiary alicyclic amines) is 1. The highest BCUT2D eigenvalue weighted by Gasteiger charge is 2.28. The Balaban J connectivity index is 1.38. The van der Waals surface area contributed by atoms with E-state index in [1.54, 1.807) is 31.4 Å². The highest BCUT2D eigenvalue weighted by Crippen LogP contribution is 2.30. The van der Waals surface area contributed by atoms with Crippen LogP contribution < -0.4 is 10.1 Å². The molecule has 7 nitrogen and oxygen atoms in total. The number of carbonyl (C=O) groups excluding carboxylic acids is 2. The summed E-state index contributed by atoms with van der Waals surface area (Å²) >= 11 is 7.24. The molecule has 0 aliphatic carbocycles. The Morgan fingerprint density at radius 1 is 1.22 bits per heavy atom. The first-order chi connectivity index (χ1) is 15.5. The van der Waals surface area contributed by atoms with Gasteiger partial charge in [0, 0.05) is 29.7 Å². The lowest BCUT2D eigenvalue weighted by molar-refractivity contribution is -0.131. The molecule has 1 fully saturated rings. The second-order valence-corrected chi connectivity index (χ2v) is 9.06. The van der Waals surface area contributed by atoms with Gasteiger partial charge in [0.1, 0.15) is 10.8 Å². The lowest BCUT2D eigenvalue weighted by Crippen LogP contribution is -2.39. The quantitative estimate of drug-likeness (QED) is 0.577. The van der Waals surface area contributed by atoms with Gasteiger partial charge in [-0.15, -0.1) is 10.2 Å². The molecular weight excluding hydrogens is 448 g/mol. The van der Waals surface area contributed by atoms with Crippen LogP contribution in [0.15, 0.2) is 48.5 Å². The zero-order chi connectivity index (χ0) is 22.5. The average Bonchev–Trinajstić information content (AvgIpc) is 3.30. The number of benzene rings is 2. The fourth-order valence-corrected chi connectivity index (χ4v) is 4.77. The lowest BCUT2D eigenvalue weighted by Gasteiger charge is -2.31. The SMILES string of the molecule is COc1cccc(CC(=O)N2CCC[C@@H](c3nnc(C(=O)Nc4cccc(Cl)c4)s3)C2)c1. The molecule has 4 rings (SSSR count). The molecule has 1 aliphatic rings. The molecule has 2 aromatic carbocycles. The number of nitrogens with one attached hydrogen (secondary N) is 1. The Bertz CT molecular complexity index is 1120. The van der Waals surface area contributed by atoms with Crippen molar-refractivity contribution in [3.05, 3.63) is 69.1 Å². The van der Waals surface area contributed by atoms with Crippen molar-refractivity contribution in [2.45, 2.75) is 25.2 Å². The first-order valence-corrected chi connectivity index (χ1v) is 11.5. The van der Waals surface area contributed by atoms with Crippen LogP contribution in [-0.4, -0.2) is 47.1 Å². The topological polar surface area (TPSA) is 84.4 Å². The van der Waals surface area contributed by atoms with Gasteiger partial charge in [-0.25, -0.2) is 0 Å². The summed E-state index contributed by atoms with van der Waals surface area (Å²) in [5.41, 5.74) is 1.53. The molecule has 0 radical (unpaired) electrons. The Morgan fingerprint density at radius 3 is 2.88 bits per heavy atom. The Morgan fingerprint density at radius 2 is 2.06 bits per heavy atom. The van der Waals surface area contributed by atoms with Crippen LogP contribution in [0.5, 0.6) is 5.75 Å². The molecule has 166 valence electrons. The highest BCUT2D eigenvalue weighted by molar-refractivity contribution is 7.13. The first kappa shape index (κ1) is 22.2. The minimum atomic E-state index is -0.321. The number of methoxy groups -OCH3 is 1. The summed E-state index contributed by atoms with van der Waals surface area (Å²) < 4.78 is 5.24. The molecular formula is C23H23ClN4O3S. The molecule has 0 bridgehead atoms. The summed E-state index contributed by atoms with van der Waals surface area (Å²) in [6.07, 6.45) is 2.12. The fraction of sp³-hybridized carbons (Fsp3) is 0.304. The molecule has 0 spiro atoms. The second-order valence-electron chi connectivity index (χ2n) is 7.62. The van der Waals surface area contributed by atoms with E-state index in [2.05, 4.69) is 15.5 Å². The summed E-state index contributed by atoms with van der Waals surface area (Å²) in [6.45, 7) is 1.30. The Hall–Kier alpha value is -2.97. The maximum atomic E-state index is 12.9. The normalized spacial score (nSPS) is 15.9. The maximum Gasteiger partial charge on any atom is 0.286 e. The predicted octanol–water partition coefficient (Wildman–Crippen LogP) is 4.40. The van der Waals surface area contributed by atoms with Crippen molar-refractivity contribution >= 4 is 40.4 Å². The lowest BCUT2D eigenvalue weighted by atomic mass is 9.98. The number of aromatic nitrogens is 2. The van der Waals surface area contributed by atoms with E-state index >= 15 is 0 Å². The van der Waals surface area contributed by atoms with Gasteiger partial charge in [-0.2, -0.15) is 0 Å². The molecule has 1 N–H and O–H groups in total. The number of ether oxygens (including phenoxy) is 1.